The summed E-state index contributed by atoms with van der Waals surface area (Å²) < 4.78 is 5.05. The summed E-state index contributed by atoms with van der Waals surface area (Å²) in [4.78, 5) is 6.86. The molecule has 0 saturated heterocycles. The number of rotatable bonds is 11. The molecule has 0 amide bonds. The van der Waals surface area contributed by atoms with Crippen molar-refractivity contribution in [3.63, 3.8) is 0 Å². The second kappa shape index (κ2) is 17.7. The van der Waals surface area contributed by atoms with Gasteiger partial charge in [0.25, 0.3) is 0 Å². The van der Waals surface area contributed by atoms with E-state index in [1.165, 1.54) is 0 Å². The monoisotopic (exact) mass is 412 g/mol. The Kier molecular flexibility index (Phi) is 19.3. The molecule has 2 N–H and O–H groups in total. The van der Waals surface area contributed by atoms with Gasteiger partial charge in [-0.25, -0.2) is 0 Å². The van der Waals surface area contributed by atoms with Crippen molar-refractivity contribution in [1.29, 1.82) is 0 Å². The molecule has 0 aliphatic carbocycles. The van der Waals surface area contributed by atoms with Crippen LogP contribution in [0.1, 0.15) is 26.7 Å². The summed E-state index contributed by atoms with van der Waals surface area (Å²) in [6.45, 7) is 9.58. The van der Waals surface area contributed by atoms with E-state index in [9.17, 15) is 0 Å². The van der Waals surface area contributed by atoms with Gasteiger partial charge in [-0.05, 0) is 33.7 Å². The largest absolute Gasteiger partial charge is 0.385 e. The molecule has 0 spiro atoms. The molecule has 0 fully saturated rings. The Morgan fingerprint density at radius 3 is 2.67 bits per heavy atom. The van der Waals surface area contributed by atoms with Crippen LogP contribution in [0.15, 0.2) is 17.1 Å². The van der Waals surface area contributed by atoms with Crippen LogP contribution >= 0.6 is 24.0 Å². The number of aliphatic imine (C=N–C) groups is 1. The Bertz CT molecular complexity index is 272. The van der Waals surface area contributed by atoms with Crippen LogP contribution in [0.2, 0.25) is 0 Å². The molecule has 0 aromatic heterocycles. The molecule has 0 bridgehead atoms. The van der Waals surface area contributed by atoms with Crippen molar-refractivity contribution >= 4 is 29.9 Å². The second-order valence-electron chi connectivity index (χ2n) is 4.69. The van der Waals surface area contributed by atoms with Crippen LogP contribution < -0.4 is 10.6 Å². The number of methoxy groups -OCH3 is 1. The van der Waals surface area contributed by atoms with Crippen LogP contribution in [-0.4, -0.2) is 64.3 Å². The van der Waals surface area contributed by atoms with Gasteiger partial charge in [-0.2, -0.15) is 0 Å². The zero-order valence-corrected chi connectivity index (χ0v) is 16.4. The summed E-state index contributed by atoms with van der Waals surface area (Å²) in [6, 6.07) is 0. The molecule has 0 aromatic rings. The highest BCUT2D eigenvalue weighted by Crippen LogP contribution is 1.88. The van der Waals surface area contributed by atoms with Crippen LogP contribution in [0.3, 0.4) is 0 Å². The van der Waals surface area contributed by atoms with E-state index in [0.29, 0.717) is 0 Å². The van der Waals surface area contributed by atoms with Gasteiger partial charge in [-0.3, -0.25) is 4.99 Å². The third kappa shape index (κ3) is 15.9. The minimum absolute atomic E-state index is 0. The first-order valence-corrected chi connectivity index (χ1v) is 7.55. The van der Waals surface area contributed by atoms with E-state index in [-0.39, 0.29) is 24.0 Å². The summed E-state index contributed by atoms with van der Waals surface area (Å²) >= 11 is 0. The standard InChI is InChI=1S/C15H32N4O.HI/c1-5-7-8-10-17-15(16-6-2)18-11-13-19(3)12-9-14-20-4;/h5,7H,6,8-14H2,1-4H3,(H2,16,17,18);1H/b7-5+;. The number of hydrogen-bond donors (Lipinski definition) is 2. The van der Waals surface area contributed by atoms with Gasteiger partial charge in [0, 0.05) is 39.9 Å². The number of nitrogens with zero attached hydrogens (tertiary/aromatic N) is 2. The van der Waals surface area contributed by atoms with E-state index in [2.05, 4.69) is 46.6 Å². The van der Waals surface area contributed by atoms with Crippen LogP contribution in [0.5, 0.6) is 0 Å². The van der Waals surface area contributed by atoms with Crippen LogP contribution in [0.25, 0.3) is 0 Å². The summed E-state index contributed by atoms with van der Waals surface area (Å²) in [5.74, 6) is 0.905. The summed E-state index contributed by atoms with van der Waals surface area (Å²) in [5.41, 5.74) is 0. The molecule has 0 atom stereocenters. The summed E-state index contributed by atoms with van der Waals surface area (Å²) in [5, 5.41) is 6.59. The highest BCUT2D eigenvalue weighted by atomic mass is 127. The fourth-order valence-electron chi connectivity index (χ4n) is 1.71. The molecule has 0 rings (SSSR count). The SMILES string of the molecule is C/C=C/CCNC(=NCCN(C)CCCOC)NCC.I. The lowest BCUT2D eigenvalue weighted by Crippen LogP contribution is -2.38. The molecule has 0 aliphatic heterocycles. The lowest BCUT2D eigenvalue weighted by atomic mass is 10.4. The minimum atomic E-state index is 0. The van der Waals surface area contributed by atoms with Crippen LogP contribution in [-0.2, 0) is 4.74 Å². The first kappa shape index (κ1) is 22.9. The number of halogens is 1. The highest BCUT2D eigenvalue weighted by molar-refractivity contribution is 14.0. The van der Waals surface area contributed by atoms with Gasteiger partial charge in [-0.1, -0.05) is 12.2 Å². The van der Waals surface area contributed by atoms with Gasteiger partial charge in [0.15, 0.2) is 5.96 Å². The maximum absolute atomic E-state index is 5.05. The fraction of sp³-hybridized carbons (Fsp3) is 0.800. The predicted molar refractivity (Wildman–Crippen MR) is 103 cm³/mol. The molecular formula is C15H33IN4O. The van der Waals surface area contributed by atoms with E-state index in [0.717, 1.165) is 58.1 Å². The predicted octanol–water partition coefficient (Wildman–Crippen LogP) is 2.09. The topological polar surface area (TPSA) is 48.9 Å². The van der Waals surface area contributed by atoms with Crippen molar-refractivity contribution in [2.24, 2.45) is 4.99 Å². The third-order valence-corrected chi connectivity index (χ3v) is 2.82. The smallest absolute Gasteiger partial charge is 0.191 e. The van der Waals surface area contributed by atoms with Gasteiger partial charge in [0.05, 0.1) is 6.54 Å². The van der Waals surface area contributed by atoms with E-state index in [1.54, 1.807) is 7.11 Å². The van der Waals surface area contributed by atoms with Crippen molar-refractivity contribution < 1.29 is 4.74 Å². The van der Waals surface area contributed by atoms with Gasteiger partial charge >= 0.3 is 0 Å². The molecule has 0 heterocycles. The average Bonchev–Trinajstić information content (AvgIpc) is 2.44. The zero-order valence-electron chi connectivity index (χ0n) is 14.0. The number of hydrogen-bond acceptors (Lipinski definition) is 3. The number of nitrogens with one attached hydrogen (secondary N) is 2. The van der Waals surface area contributed by atoms with E-state index >= 15 is 0 Å². The molecule has 0 saturated carbocycles. The van der Waals surface area contributed by atoms with Gasteiger partial charge < -0.3 is 20.3 Å². The third-order valence-electron chi connectivity index (χ3n) is 2.82. The Labute approximate surface area is 147 Å². The maximum Gasteiger partial charge on any atom is 0.191 e. The second-order valence-corrected chi connectivity index (χ2v) is 4.69. The quantitative estimate of drug-likeness (QED) is 0.179. The Hall–Kier alpha value is -0.340. The summed E-state index contributed by atoms with van der Waals surface area (Å²) in [7, 11) is 3.87. The molecule has 6 heteroatoms. The highest BCUT2D eigenvalue weighted by Gasteiger charge is 1.99. The molecule has 0 unspecified atom stereocenters. The number of ether oxygens (including phenoxy) is 1. The fourth-order valence-corrected chi connectivity index (χ4v) is 1.71. The molecule has 126 valence electrons. The van der Waals surface area contributed by atoms with Crippen molar-refractivity contribution in [2.75, 3.05) is 53.5 Å². The number of allylic oxidation sites excluding steroid dienone is 1. The molecule has 0 aliphatic rings. The van der Waals surface area contributed by atoms with Gasteiger partial charge in [0.2, 0.25) is 0 Å². The molecule has 0 aromatic carbocycles. The van der Waals surface area contributed by atoms with Gasteiger partial charge in [0.1, 0.15) is 0 Å². The maximum atomic E-state index is 5.05. The van der Waals surface area contributed by atoms with Crippen LogP contribution in [0.4, 0.5) is 0 Å². The first-order valence-electron chi connectivity index (χ1n) is 7.55. The Balaban J connectivity index is 0. The normalized spacial score (nSPS) is 11.8. The molecule has 0 radical (unpaired) electrons. The Morgan fingerprint density at radius 2 is 2.05 bits per heavy atom. The molecular weight excluding hydrogens is 379 g/mol. The lowest BCUT2D eigenvalue weighted by molar-refractivity contribution is 0.180. The summed E-state index contributed by atoms with van der Waals surface area (Å²) in [6.07, 6.45) is 6.32. The molecule has 21 heavy (non-hydrogen) atoms. The number of guanidine groups is 1. The van der Waals surface area contributed by atoms with E-state index < -0.39 is 0 Å². The van der Waals surface area contributed by atoms with Crippen molar-refractivity contribution in [2.45, 2.75) is 26.7 Å². The zero-order chi connectivity index (χ0) is 15.1. The average molecular weight is 412 g/mol. The van der Waals surface area contributed by atoms with Crippen molar-refractivity contribution in [1.82, 2.24) is 15.5 Å². The van der Waals surface area contributed by atoms with Crippen molar-refractivity contribution in [3.8, 4) is 0 Å². The van der Waals surface area contributed by atoms with E-state index in [1.807, 2.05) is 6.92 Å². The first-order chi connectivity index (χ1) is 9.74. The van der Waals surface area contributed by atoms with E-state index in [4.69, 9.17) is 4.74 Å². The number of likely N-dealkylation sites (N-methyl/N-ethyl adjacent to an activating group) is 1. The van der Waals surface area contributed by atoms with Gasteiger partial charge in [-0.15, -0.1) is 24.0 Å². The lowest BCUT2D eigenvalue weighted by Gasteiger charge is -2.16. The minimum Gasteiger partial charge on any atom is -0.385 e. The Morgan fingerprint density at radius 1 is 1.29 bits per heavy atom. The van der Waals surface area contributed by atoms with Crippen LogP contribution in [0, 0.1) is 0 Å². The molecule has 5 nitrogen and oxygen atoms in total. The van der Waals surface area contributed by atoms with Crippen molar-refractivity contribution in [3.05, 3.63) is 12.2 Å².